The van der Waals surface area contributed by atoms with Crippen LogP contribution in [0.25, 0.3) is 0 Å². The summed E-state index contributed by atoms with van der Waals surface area (Å²) in [7, 11) is 0. The fraction of sp³-hybridized carbons (Fsp3) is 0.571. The van der Waals surface area contributed by atoms with Crippen LogP contribution < -0.4 is 10.5 Å². The zero-order chi connectivity index (χ0) is 16.2. The van der Waals surface area contributed by atoms with Gasteiger partial charge in [-0.15, -0.1) is 0 Å². The van der Waals surface area contributed by atoms with E-state index in [-0.39, 0.29) is 5.69 Å². The molecule has 1 atom stereocenters. The van der Waals surface area contributed by atoms with Crippen LogP contribution in [-0.4, -0.2) is 50.8 Å². The molecule has 22 heavy (non-hydrogen) atoms. The molecule has 0 amide bonds. The van der Waals surface area contributed by atoms with Crippen LogP contribution in [0.1, 0.15) is 6.92 Å². The van der Waals surface area contributed by atoms with E-state index in [0.717, 1.165) is 0 Å². The molecule has 0 radical (unpaired) electrons. The summed E-state index contributed by atoms with van der Waals surface area (Å²) in [4.78, 5) is 10.1. The number of nitrogens with two attached hydrogens (primary N) is 1. The molecule has 0 fully saturated rings. The van der Waals surface area contributed by atoms with E-state index >= 15 is 0 Å². The predicted molar refractivity (Wildman–Crippen MR) is 79.8 cm³/mol. The first-order valence-corrected chi connectivity index (χ1v) is 7.01. The number of hydrogen-bond acceptors (Lipinski definition) is 7. The SMILES string of the molecule is CC(OCCOCCOCCN)Oc1ccc([N+](=O)[O-])cc1. The Morgan fingerprint density at radius 3 is 2.27 bits per heavy atom. The summed E-state index contributed by atoms with van der Waals surface area (Å²) < 4.78 is 21.3. The molecule has 0 saturated carbocycles. The lowest BCUT2D eigenvalue weighted by molar-refractivity contribution is -0.384. The van der Waals surface area contributed by atoms with E-state index < -0.39 is 11.2 Å². The van der Waals surface area contributed by atoms with Crippen LogP contribution in [0.5, 0.6) is 5.75 Å². The molecule has 0 aliphatic carbocycles. The minimum atomic E-state index is -0.474. The highest BCUT2D eigenvalue weighted by molar-refractivity contribution is 5.35. The molecule has 124 valence electrons. The quantitative estimate of drug-likeness (QED) is 0.268. The maximum Gasteiger partial charge on any atom is 0.269 e. The molecule has 1 rings (SSSR count). The van der Waals surface area contributed by atoms with Crippen molar-refractivity contribution in [3.63, 3.8) is 0 Å². The number of ether oxygens (including phenoxy) is 4. The van der Waals surface area contributed by atoms with Gasteiger partial charge in [-0.05, 0) is 19.1 Å². The summed E-state index contributed by atoms with van der Waals surface area (Å²) in [6.45, 7) is 4.57. The maximum absolute atomic E-state index is 10.5. The molecule has 2 N–H and O–H groups in total. The Kier molecular flexibility index (Phi) is 9.08. The lowest BCUT2D eigenvalue weighted by Gasteiger charge is -2.15. The Morgan fingerprint density at radius 1 is 1.09 bits per heavy atom. The minimum Gasteiger partial charge on any atom is -0.465 e. The van der Waals surface area contributed by atoms with Crippen LogP contribution in [0.2, 0.25) is 0 Å². The van der Waals surface area contributed by atoms with Crippen molar-refractivity contribution >= 4 is 5.69 Å². The topological polar surface area (TPSA) is 106 Å². The first-order valence-electron chi connectivity index (χ1n) is 7.01. The first kappa shape index (κ1) is 18.3. The minimum absolute atomic E-state index is 0.0196. The summed E-state index contributed by atoms with van der Waals surface area (Å²) >= 11 is 0. The first-order chi connectivity index (χ1) is 10.6. The molecule has 0 saturated heterocycles. The van der Waals surface area contributed by atoms with Crippen LogP contribution in [0.3, 0.4) is 0 Å². The Morgan fingerprint density at radius 2 is 1.68 bits per heavy atom. The molecule has 0 aromatic heterocycles. The summed E-state index contributed by atoms with van der Waals surface area (Å²) in [5, 5.41) is 10.5. The van der Waals surface area contributed by atoms with Crippen molar-refractivity contribution in [1.82, 2.24) is 0 Å². The average molecular weight is 314 g/mol. The smallest absolute Gasteiger partial charge is 0.269 e. The molecule has 0 bridgehead atoms. The van der Waals surface area contributed by atoms with Gasteiger partial charge in [-0.3, -0.25) is 10.1 Å². The second-order valence-electron chi connectivity index (χ2n) is 4.32. The van der Waals surface area contributed by atoms with Crippen molar-refractivity contribution in [2.75, 3.05) is 39.6 Å². The van der Waals surface area contributed by atoms with Crippen molar-refractivity contribution < 1.29 is 23.9 Å². The zero-order valence-electron chi connectivity index (χ0n) is 12.6. The zero-order valence-corrected chi connectivity index (χ0v) is 12.6. The van der Waals surface area contributed by atoms with Gasteiger partial charge >= 0.3 is 0 Å². The largest absolute Gasteiger partial charge is 0.465 e. The van der Waals surface area contributed by atoms with Gasteiger partial charge in [0.15, 0.2) is 6.29 Å². The normalized spacial score (nSPS) is 12.1. The second-order valence-corrected chi connectivity index (χ2v) is 4.32. The highest BCUT2D eigenvalue weighted by Gasteiger charge is 2.07. The fourth-order valence-corrected chi connectivity index (χ4v) is 1.55. The molecule has 0 spiro atoms. The van der Waals surface area contributed by atoms with Gasteiger partial charge in [0, 0.05) is 18.7 Å². The van der Waals surface area contributed by atoms with E-state index in [0.29, 0.717) is 45.3 Å². The Hall–Kier alpha value is -1.74. The summed E-state index contributed by atoms with van der Waals surface area (Å²) in [6.07, 6.45) is -0.474. The fourth-order valence-electron chi connectivity index (χ4n) is 1.55. The van der Waals surface area contributed by atoms with E-state index in [1.807, 2.05) is 0 Å². The standard InChI is InChI=1S/C14H22N2O6/c1-12(21-11-10-20-9-8-19-7-6-15)22-14-4-2-13(3-5-14)16(17)18/h2-5,12H,6-11,15H2,1H3. The molecule has 8 nitrogen and oxygen atoms in total. The van der Waals surface area contributed by atoms with Crippen molar-refractivity contribution in [2.45, 2.75) is 13.2 Å². The van der Waals surface area contributed by atoms with E-state index in [1.54, 1.807) is 6.92 Å². The third kappa shape index (κ3) is 7.89. The van der Waals surface area contributed by atoms with Gasteiger partial charge in [-0.2, -0.15) is 0 Å². The van der Waals surface area contributed by atoms with Crippen LogP contribution in [0.15, 0.2) is 24.3 Å². The van der Waals surface area contributed by atoms with Gasteiger partial charge in [0.25, 0.3) is 5.69 Å². The number of nitro groups is 1. The molecule has 0 aliphatic heterocycles. The number of rotatable bonds is 12. The van der Waals surface area contributed by atoms with Gasteiger partial charge in [-0.1, -0.05) is 0 Å². The Balaban J connectivity index is 2.10. The highest BCUT2D eigenvalue weighted by Crippen LogP contribution is 2.18. The van der Waals surface area contributed by atoms with E-state index in [1.165, 1.54) is 24.3 Å². The summed E-state index contributed by atoms with van der Waals surface area (Å²) in [5.41, 5.74) is 5.30. The van der Waals surface area contributed by atoms with Crippen LogP contribution >= 0.6 is 0 Å². The van der Waals surface area contributed by atoms with Crippen LogP contribution in [0.4, 0.5) is 5.69 Å². The highest BCUT2D eigenvalue weighted by atomic mass is 16.7. The number of nitrogens with zero attached hydrogens (tertiary/aromatic N) is 1. The Labute approximate surface area is 129 Å². The predicted octanol–water partition coefficient (Wildman–Crippen LogP) is 1.33. The molecule has 1 aromatic rings. The molecular formula is C14H22N2O6. The third-order valence-corrected chi connectivity index (χ3v) is 2.56. The van der Waals surface area contributed by atoms with Gasteiger partial charge in [0.2, 0.25) is 0 Å². The van der Waals surface area contributed by atoms with Crippen molar-refractivity contribution in [2.24, 2.45) is 5.73 Å². The number of hydrogen-bond donors (Lipinski definition) is 1. The van der Waals surface area contributed by atoms with Crippen molar-refractivity contribution in [3.8, 4) is 5.75 Å². The molecule has 1 unspecified atom stereocenters. The lowest BCUT2D eigenvalue weighted by atomic mass is 10.3. The lowest BCUT2D eigenvalue weighted by Crippen LogP contribution is -2.20. The molecule has 0 heterocycles. The molecular weight excluding hydrogens is 292 g/mol. The number of non-ortho nitro benzene ring substituents is 1. The molecule has 0 aliphatic rings. The van der Waals surface area contributed by atoms with Crippen LogP contribution in [0, 0.1) is 10.1 Å². The summed E-state index contributed by atoms with van der Waals surface area (Å²) in [6, 6.07) is 5.82. The Bertz CT molecular complexity index is 426. The van der Waals surface area contributed by atoms with Gasteiger partial charge < -0.3 is 24.7 Å². The number of benzene rings is 1. The van der Waals surface area contributed by atoms with Gasteiger partial charge in [-0.25, -0.2) is 0 Å². The third-order valence-electron chi connectivity index (χ3n) is 2.56. The van der Waals surface area contributed by atoms with E-state index in [9.17, 15) is 10.1 Å². The number of nitro benzene ring substituents is 1. The maximum atomic E-state index is 10.5. The van der Waals surface area contributed by atoms with Gasteiger partial charge in [0.05, 0.1) is 38.0 Å². The molecule has 8 heteroatoms. The van der Waals surface area contributed by atoms with E-state index in [4.69, 9.17) is 24.7 Å². The van der Waals surface area contributed by atoms with Crippen molar-refractivity contribution in [3.05, 3.63) is 34.4 Å². The van der Waals surface area contributed by atoms with Crippen LogP contribution in [-0.2, 0) is 14.2 Å². The average Bonchev–Trinajstić information content (AvgIpc) is 2.50. The van der Waals surface area contributed by atoms with Crippen molar-refractivity contribution in [1.29, 1.82) is 0 Å². The monoisotopic (exact) mass is 314 g/mol. The second kappa shape index (κ2) is 10.9. The van der Waals surface area contributed by atoms with E-state index in [2.05, 4.69) is 0 Å². The van der Waals surface area contributed by atoms with Gasteiger partial charge in [0.1, 0.15) is 5.75 Å². The summed E-state index contributed by atoms with van der Waals surface area (Å²) in [5.74, 6) is 0.509. The molecule has 1 aromatic carbocycles.